The Hall–Kier alpha value is -1.59. The van der Waals surface area contributed by atoms with Crippen molar-refractivity contribution in [2.24, 2.45) is 5.92 Å². The quantitative estimate of drug-likeness (QED) is 0.675. The average Bonchev–Trinajstić information content (AvgIpc) is 2.59. The van der Waals surface area contributed by atoms with Gasteiger partial charge in [-0.2, -0.15) is 0 Å². The fraction of sp³-hybridized carbons (Fsp3) is 0.700. The maximum Gasteiger partial charge on any atom is 0.325 e. The largest absolute Gasteiger partial charge is 0.480 e. The molecular formula is C10H16N2O4. The molecule has 0 aromatic rings. The molecule has 1 aliphatic heterocycles. The summed E-state index contributed by atoms with van der Waals surface area (Å²) in [7, 11) is 0. The molecule has 2 atom stereocenters. The van der Waals surface area contributed by atoms with Gasteiger partial charge >= 0.3 is 5.97 Å². The molecule has 0 bridgehead atoms. The van der Waals surface area contributed by atoms with E-state index in [4.69, 9.17) is 5.11 Å². The van der Waals surface area contributed by atoms with Crippen LogP contribution in [0.25, 0.3) is 0 Å². The summed E-state index contributed by atoms with van der Waals surface area (Å²) in [6.45, 7) is 4.21. The third-order valence-electron chi connectivity index (χ3n) is 2.70. The smallest absolute Gasteiger partial charge is 0.325 e. The van der Waals surface area contributed by atoms with Crippen molar-refractivity contribution in [2.75, 3.05) is 13.1 Å². The molecule has 16 heavy (non-hydrogen) atoms. The summed E-state index contributed by atoms with van der Waals surface area (Å²) in [5, 5.41) is 11.0. The number of carboxylic acids is 1. The van der Waals surface area contributed by atoms with Crippen molar-refractivity contribution in [3.8, 4) is 0 Å². The van der Waals surface area contributed by atoms with Gasteiger partial charge in [-0.25, -0.2) is 0 Å². The van der Waals surface area contributed by atoms with E-state index in [1.807, 2.05) is 6.92 Å². The van der Waals surface area contributed by atoms with E-state index in [-0.39, 0.29) is 18.2 Å². The molecule has 1 heterocycles. The maximum absolute atomic E-state index is 11.6. The van der Waals surface area contributed by atoms with Gasteiger partial charge in [0.15, 0.2) is 0 Å². The first-order chi connectivity index (χ1) is 7.45. The molecule has 2 amide bonds. The number of amides is 2. The zero-order chi connectivity index (χ0) is 12.3. The minimum absolute atomic E-state index is 0.0503. The third-order valence-corrected chi connectivity index (χ3v) is 2.70. The van der Waals surface area contributed by atoms with Gasteiger partial charge in [0, 0.05) is 19.5 Å². The molecule has 0 saturated carbocycles. The van der Waals surface area contributed by atoms with Crippen LogP contribution in [0.3, 0.4) is 0 Å². The van der Waals surface area contributed by atoms with Crippen LogP contribution in [0.1, 0.15) is 20.3 Å². The second kappa shape index (κ2) is 4.96. The molecule has 0 radical (unpaired) electrons. The number of carbonyl (C=O) groups is 3. The minimum atomic E-state index is -1.08. The molecule has 6 nitrogen and oxygen atoms in total. The van der Waals surface area contributed by atoms with Gasteiger partial charge in [-0.1, -0.05) is 0 Å². The van der Waals surface area contributed by atoms with Crippen LogP contribution in [-0.2, 0) is 14.4 Å². The van der Waals surface area contributed by atoms with E-state index in [0.717, 1.165) is 0 Å². The van der Waals surface area contributed by atoms with Crippen molar-refractivity contribution in [3.05, 3.63) is 0 Å². The van der Waals surface area contributed by atoms with Crippen LogP contribution >= 0.6 is 0 Å². The van der Waals surface area contributed by atoms with Gasteiger partial charge in [0.2, 0.25) is 11.8 Å². The lowest BCUT2D eigenvalue weighted by molar-refractivity contribution is -0.141. The van der Waals surface area contributed by atoms with Crippen LogP contribution in [0.15, 0.2) is 0 Å². The van der Waals surface area contributed by atoms with Crippen molar-refractivity contribution >= 4 is 17.8 Å². The van der Waals surface area contributed by atoms with E-state index < -0.39 is 17.9 Å². The lowest BCUT2D eigenvalue weighted by Gasteiger charge is -2.15. The van der Waals surface area contributed by atoms with Crippen molar-refractivity contribution in [1.82, 2.24) is 10.2 Å². The topological polar surface area (TPSA) is 86.7 Å². The van der Waals surface area contributed by atoms with Gasteiger partial charge in [-0.05, 0) is 13.8 Å². The number of likely N-dealkylation sites (tertiary alicyclic amines) is 1. The number of aliphatic carboxylic acids is 1. The van der Waals surface area contributed by atoms with Crippen molar-refractivity contribution in [3.63, 3.8) is 0 Å². The van der Waals surface area contributed by atoms with E-state index in [1.54, 1.807) is 4.90 Å². The second-order valence-corrected chi connectivity index (χ2v) is 3.90. The number of carbonyl (C=O) groups excluding carboxylic acids is 2. The minimum Gasteiger partial charge on any atom is -0.480 e. The molecule has 1 aliphatic rings. The molecule has 0 aliphatic carbocycles. The Morgan fingerprint density at radius 3 is 2.69 bits per heavy atom. The Balaban J connectivity index is 2.51. The van der Waals surface area contributed by atoms with Gasteiger partial charge in [0.25, 0.3) is 0 Å². The fourth-order valence-electron chi connectivity index (χ4n) is 1.65. The first-order valence-corrected chi connectivity index (χ1v) is 5.26. The van der Waals surface area contributed by atoms with Crippen LogP contribution in [0.4, 0.5) is 0 Å². The number of rotatable bonds is 4. The highest BCUT2D eigenvalue weighted by Gasteiger charge is 2.34. The summed E-state index contributed by atoms with van der Waals surface area (Å²) in [6, 6.07) is -0.918. The molecule has 6 heteroatoms. The zero-order valence-corrected chi connectivity index (χ0v) is 9.40. The van der Waals surface area contributed by atoms with Gasteiger partial charge < -0.3 is 15.3 Å². The molecule has 90 valence electrons. The van der Waals surface area contributed by atoms with E-state index in [1.165, 1.54) is 6.92 Å². The molecule has 1 rings (SSSR count). The van der Waals surface area contributed by atoms with E-state index in [2.05, 4.69) is 5.32 Å². The number of hydrogen-bond donors (Lipinski definition) is 2. The van der Waals surface area contributed by atoms with E-state index >= 15 is 0 Å². The highest BCUT2D eigenvalue weighted by atomic mass is 16.4. The molecule has 1 saturated heterocycles. The fourth-order valence-corrected chi connectivity index (χ4v) is 1.65. The molecule has 2 N–H and O–H groups in total. The number of nitrogens with one attached hydrogen (secondary N) is 1. The molecule has 1 unspecified atom stereocenters. The predicted octanol–water partition coefficient (Wildman–Crippen LogP) is -0.556. The van der Waals surface area contributed by atoms with E-state index in [0.29, 0.717) is 13.1 Å². The van der Waals surface area contributed by atoms with Gasteiger partial charge in [0.1, 0.15) is 6.04 Å². The number of hydrogen-bond acceptors (Lipinski definition) is 3. The van der Waals surface area contributed by atoms with Crippen LogP contribution in [0.5, 0.6) is 0 Å². The summed E-state index contributed by atoms with van der Waals surface area (Å²) < 4.78 is 0. The number of carboxylic acid groups (broad SMARTS) is 1. The molecular weight excluding hydrogens is 212 g/mol. The molecule has 0 aromatic heterocycles. The summed E-state index contributed by atoms with van der Waals surface area (Å²) >= 11 is 0. The zero-order valence-electron chi connectivity index (χ0n) is 9.40. The van der Waals surface area contributed by atoms with Gasteiger partial charge in [-0.15, -0.1) is 0 Å². The Morgan fingerprint density at radius 2 is 2.25 bits per heavy atom. The lowest BCUT2D eigenvalue weighted by atomic mass is 10.1. The van der Waals surface area contributed by atoms with Crippen molar-refractivity contribution in [2.45, 2.75) is 26.3 Å². The first-order valence-electron chi connectivity index (χ1n) is 5.26. The maximum atomic E-state index is 11.6. The Kier molecular flexibility index (Phi) is 3.87. The summed E-state index contributed by atoms with van der Waals surface area (Å²) in [5.74, 6) is -1.91. The van der Waals surface area contributed by atoms with Crippen LogP contribution in [-0.4, -0.2) is 46.9 Å². The van der Waals surface area contributed by atoms with Crippen LogP contribution in [0, 0.1) is 5.92 Å². The molecule has 0 aromatic carbocycles. The van der Waals surface area contributed by atoms with Crippen LogP contribution < -0.4 is 5.32 Å². The molecule has 0 spiro atoms. The summed E-state index contributed by atoms with van der Waals surface area (Å²) in [5.41, 5.74) is 0. The number of nitrogens with zero attached hydrogens (tertiary/aromatic N) is 1. The Labute approximate surface area is 93.6 Å². The second-order valence-electron chi connectivity index (χ2n) is 3.90. The Bertz CT molecular complexity index is 316. The summed E-state index contributed by atoms with van der Waals surface area (Å²) in [4.78, 5) is 35.1. The predicted molar refractivity (Wildman–Crippen MR) is 55.6 cm³/mol. The van der Waals surface area contributed by atoms with Crippen molar-refractivity contribution in [1.29, 1.82) is 0 Å². The average molecular weight is 228 g/mol. The van der Waals surface area contributed by atoms with Gasteiger partial charge in [-0.3, -0.25) is 14.4 Å². The summed E-state index contributed by atoms with van der Waals surface area (Å²) in [6.07, 6.45) is 0.173. The normalized spacial score (nSPS) is 22.0. The SMILES string of the molecule is CCN1CC(C(=O)N[C@@H](C)C(=O)O)CC1=O. The highest BCUT2D eigenvalue weighted by Crippen LogP contribution is 2.17. The van der Waals surface area contributed by atoms with E-state index in [9.17, 15) is 14.4 Å². The standard InChI is InChI=1S/C10H16N2O4/c1-3-12-5-7(4-8(12)13)9(14)11-6(2)10(15)16/h6-7H,3-5H2,1-2H3,(H,11,14)(H,15,16)/t6-,7?/m0/s1. The lowest BCUT2D eigenvalue weighted by Crippen LogP contribution is -2.42. The van der Waals surface area contributed by atoms with Gasteiger partial charge in [0.05, 0.1) is 5.92 Å². The van der Waals surface area contributed by atoms with Crippen LogP contribution in [0.2, 0.25) is 0 Å². The Morgan fingerprint density at radius 1 is 1.62 bits per heavy atom. The molecule has 1 fully saturated rings. The third kappa shape index (κ3) is 2.71. The monoisotopic (exact) mass is 228 g/mol. The first kappa shape index (κ1) is 12.5. The van der Waals surface area contributed by atoms with Crippen molar-refractivity contribution < 1.29 is 19.5 Å². The highest BCUT2D eigenvalue weighted by molar-refractivity contribution is 5.91.